The van der Waals surface area contributed by atoms with Crippen molar-refractivity contribution in [1.29, 1.82) is 0 Å². The number of likely N-dealkylation sites (N-methyl/N-ethyl adjacent to an activating group) is 2. The van der Waals surface area contributed by atoms with E-state index in [9.17, 15) is 4.79 Å². The first-order chi connectivity index (χ1) is 10.0. The molecule has 2 heterocycles. The summed E-state index contributed by atoms with van der Waals surface area (Å²) in [5.41, 5.74) is 2.61. The first-order valence-corrected chi connectivity index (χ1v) is 7.56. The number of nitrogens with zero attached hydrogens (tertiary/aromatic N) is 4. The summed E-state index contributed by atoms with van der Waals surface area (Å²) in [5, 5.41) is 2.87. The summed E-state index contributed by atoms with van der Waals surface area (Å²) in [5.74, 6) is 6.85. The molecule has 0 aliphatic rings. The third-order valence-corrected chi connectivity index (χ3v) is 3.98. The van der Waals surface area contributed by atoms with Crippen molar-refractivity contribution in [2.75, 3.05) is 32.6 Å². The van der Waals surface area contributed by atoms with E-state index >= 15 is 0 Å². The van der Waals surface area contributed by atoms with Crippen LogP contribution < -0.4 is 11.3 Å². The lowest BCUT2D eigenvalue weighted by atomic mass is 10.3. The van der Waals surface area contributed by atoms with Gasteiger partial charge in [0, 0.05) is 14.1 Å². The highest BCUT2D eigenvalue weighted by molar-refractivity contribution is 7.16. The van der Waals surface area contributed by atoms with Crippen LogP contribution in [-0.2, 0) is 11.3 Å². The van der Waals surface area contributed by atoms with Gasteiger partial charge in [-0.15, -0.1) is 11.3 Å². The molecule has 1 amide bonds. The Labute approximate surface area is 127 Å². The minimum absolute atomic E-state index is 0.0613. The number of nitrogen functional groups attached to an aromatic ring is 1. The first kappa shape index (κ1) is 15.6. The fourth-order valence-electron chi connectivity index (χ4n) is 1.89. The number of nitrogens with one attached hydrogen (secondary N) is 1. The third kappa shape index (κ3) is 3.66. The molecule has 0 aromatic carbocycles. The number of carbonyl (C=O) groups is 1. The van der Waals surface area contributed by atoms with E-state index in [0.29, 0.717) is 24.7 Å². The molecule has 8 heteroatoms. The maximum atomic E-state index is 11.8. The predicted molar refractivity (Wildman–Crippen MR) is 84.9 cm³/mol. The molecule has 2 rings (SSSR count). The molecule has 0 radical (unpaired) electrons. The molecule has 3 N–H and O–H groups in total. The van der Waals surface area contributed by atoms with Gasteiger partial charge in [-0.3, -0.25) is 9.69 Å². The number of hydrogen-bond donors (Lipinski definition) is 2. The smallest absolute Gasteiger partial charge is 0.236 e. The Morgan fingerprint density at radius 2 is 2.19 bits per heavy atom. The molecule has 0 bridgehead atoms. The second-order valence-electron chi connectivity index (χ2n) is 4.86. The van der Waals surface area contributed by atoms with Gasteiger partial charge in [0.1, 0.15) is 10.7 Å². The lowest BCUT2D eigenvalue weighted by Crippen LogP contribution is -2.36. The molecule has 7 nitrogen and oxygen atoms in total. The number of anilines is 1. The van der Waals surface area contributed by atoms with Gasteiger partial charge in [0.2, 0.25) is 5.91 Å². The van der Waals surface area contributed by atoms with Crippen molar-refractivity contribution in [3.8, 4) is 0 Å². The summed E-state index contributed by atoms with van der Waals surface area (Å²) in [6.45, 7) is 3.62. The molecule has 0 saturated heterocycles. The Kier molecular flexibility index (Phi) is 5.05. The minimum atomic E-state index is 0.0613. The summed E-state index contributed by atoms with van der Waals surface area (Å²) in [6, 6.07) is 1.94. The van der Waals surface area contributed by atoms with E-state index in [1.807, 2.05) is 23.3 Å². The SMILES string of the molecule is CCN(CC(=O)N(C)C)Cc1nc(NN)c2ccsc2n1. The van der Waals surface area contributed by atoms with Gasteiger partial charge in [0.25, 0.3) is 0 Å². The Morgan fingerprint density at radius 3 is 2.81 bits per heavy atom. The largest absolute Gasteiger partial charge is 0.348 e. The van der Waals surface area contributed by atoms with Crippen molar-refractivity contribution >= 4 is 33.3 Å². The van der Waals surface area contributed by atoms with Crippen LogP contribution in [0.4, 0.5) is 5.82 Å². The van der Waals surface area contributed by atoms with E-state index in [1.165, 1.54) is 0 Å². The molecule has 0 aliphatic heterocycles. The molecule has 0 atom stereocenters. The summed E-state index contributed by atoms with van der Waals surface area (Å²) < 4.78 is 0. The molecule has 0 unspecified atom stereocenters. The molecule has 0 saturated carbocycles. The molecule has 0 aliphatic carbocycles. The van der Waals surface area contributed by atoms with Crippen LogP contribution in [0.25, 0.3) is 10.2 Å². The third-order valence-electron chi connectivity index (χ3n) is 3.18. The van der Waals surface area contributed by atoms with E-state index < -0.39 is 0 Å². The summed E-state index contributed by atoms with van der Waals surface area (Å²) in [4.78, 5) is 25.2. The van der Waals surface area contributed by atoms with Crippen LogP contribution in [0.15, 0.2) is 11.4 Å². The number of rotatable bonds is 6. The number of thiophene rings is 1. The molecule has 0 spiro atoms. The van der Waals surface area contributed by atoms with Crippen LogP contribution in [-0.4, -0.2) is 52.9 Å². The van der Waals surface area contributed by atoms with E-state index in [4.69, 9.17) is 5.84 Å². The van der Waals surface area contributed by atoms with Crippen molar-refractivity contribution in [2.24, 2.45) is 5.84 Å². The van der Waals surface area contributed by atoms with Gasteiger partial charge < -0.3 is 10.3 Å². The number of aromatic nitrogens is 2. The molecule has 2 aromatic heterocycles. The zero-order valence-electron chi connectivity index (χ0n) is 12.5. The standard InChI is InChI=1S/C13H20N6OS/c1-4-19(8-11(20)18(2)3)7-10-15-12(17-14)9-5-6-21-13(9)16-10/h5-6H,4,7-8,14H2,1-3H3,(H,15,16,17). The number of carbonyl (C=O) groups excluding carboxylic acids is 1. The highest BCUT2D eigenvalue weighted by Gasteiger charge is 2.14. The fourth-order valence-corrected chi connectivity index (χ4v) is 2.68. The quantitative estimate of drug-likeness (QED) is 0.609. The van der Waals surface area contributed by atoms with Crippen LogP contribution in [0, 0.1) is 0 Å². The molecule has 114 valence electrons. The molecule has 0 fully saturated rings. The van der Waals surface area contributed by atoms with Crippen molar-refractivity contribution < 1.29 is 4.79 Å². The zero-order valence-corrected chi connectivity index (χ0v) is 13.3. The van der Waals surface area contributed by atoms with Crippen molar-refractivity contribution in [1.82, 2.24) is 19.8 Å². The van der Waals surface area contributed by atoms with E-state index in [-0.39, 0.29) is 5.91 Å². The Hall–Kier alpha value is -1.77. The van der Waals surface area contributed by atoms with Crippen LogP contribution in [0.3, 0.4) is 0 Å². The van der Waals surface area contributed by atoms with Gasteiger partial charge in [-0.25, -0.2) is 15.8 Å². The van der Waals surface area contributed by atoms with Crippen molar-refractivity contribution in [3.05, 3.63) is 17.3 Å². The molecule has 21 heavy (non-hydrogen) atoms. The molecular weight excluding hydrogens is 288 g/mol. The lowest BCUT2D eigenvalue weighted by Gasteiger charge is -2.21. The van der Waals surface area contributed by atoms with Gasteiger partial charge in [0.05, 0.1) is 18.5 Å². The summed E-state index contributed by atoms with van der Waals surface area (Å²) in [6.07, 6.45) is 0. The zero-order chi connectivity index (χ0) is 15.4. The second kappa shape index (κ2) is 6.79. The van der Waals surface area contributed by atoms with Crippen LogP contribution in [0.1, 0.15) is 12.7 Å². The Morgan fingerprint density at radius 1 is 1.43 bits per heavy atom. The number of hydrazine groups is 1. The maximum absolute atomic E-state index is 11.8. The normalized spacial score (nSPS) is 11.1. The van der Waals surface area contributed by atoms with Gasteiger partial charge in [0.15, 0.2) is 5.82 Å². The maximum Gasteiger partial charge on any atom is 0.236 e. The number of amides is 1. The lowest BCUT2D eigenvalue weighted by molar-refractivity contribution is -0.130. The van der Waals surface area contributed by atoms with Crippen LogP contribution >= 0.6 is 11.3 Å². The molecular formula is C13H20N6OS. The fraction of sp³-hybridized carbons (Fsp3) is 0.462. The van der Waals surface area contributed by atoms with Gasteiger partial charge >= 0.3 is 0 Å². The van der Waals surface area contributed by atoms with Gasteiger partial charge in [-0.2, -0.15) is 0 Å². The highest BCUT2D eigenvalue weighted by Crippen LogP contribution is 2.24. The van der Waals surface area contributed by atoms with E-state index in [0.717, 1.165) is 16.8 Å². The van der Waals surface area contributed by atoms with E-state index in [1.54, 1.807) is 30.3 Å². The number of nitrogens with two attached hydrogens (primary N) is 1. The van der Waals surface area contributed by atoms with Gasteiger partial charge in [-0.1, -0.05) is 6.92 Å². The topological polar surface area (TPSA) is 87.4 Å². The Balaban J connectivity index is 2.19. The predicted octanol–water partition coefficient (Wildman–Crippen LogP) is 0.887. The Bertz CT molecular complexity index is 626. The number of hydrogen-bond acceptors (Lipinski definition) is 7. The second-order valence-corrected chi connectivity index (χ2v) is 5.76. The van der Waals surface area contributed by atoms with Crippen LogP contribution in [0.5, 0.6) is 0 Å². The van der Waals surface area contributed by atoms with Crippen molar-refractivity contribution in [2.45, 2.75) is 13.5 Å². The minimum Gasteiger partial charge on any atom is -0.348 e. The molecule has 2 aromatic rings. The number of fused-ring (bicyclic) bond motifs is 1. The average Bonchev–Trinajstić information content (AvgIpc) is 2.93. The monoisotopic (exact) mass is 308 g/mol. The first-order valence-electron chi connectivity index (χ1n) is 6.68. The van der Waals surface area contributed by atoms with Gasteiger partial charge in [-0.05, 0) is 18.0 Å². The summed E-state index contributed by atoms with van der Waals surface area (Å²) >= 11 is 1.54. The van der Waals surface area contributed by atoms with Crippen molar-refractivity contribution in [3.63, 3.8) is 0 Å². The summed E-state index contributed by atoms with van der Waals surface area (Å²) in [7, 11) is 3.50. The van der Waals surface area contributed by atoms with Crippen LogP contribution in [0.2, 0.25) is 0 Å². The highest BCUT2D eigenvalue weighted by atomic mass is 32.1. The average molecular weight is 308 g/mol. The van der Waals surface area contributed by atoms with E-state index in [2.05, 4.69) is 15.4 Å².